The molecule has 1 heterocycles. The molecule has 1 aliphatic heterocycles. The highest BCUT2D eigenvalue weighted by Gasteiger charge is 2.24. The van der Waals surface area contributed by atoms with Gasteiger partial charge in [0.05, 0.1) is 12.6 Å². The lowest BCUT2D eigenvalue weighted by molar-refractivity contribution is -0.128. The van der Waals surface area contributed by atoms with E-state index in [9.17, 15) is 9.59 Å². The first-order valence-corrected chi connectivity index (χ1v) is 10.3. The largest absolute Gasteiger partial charge is 0.346 e. The van der Waals surface area contributed by atoms with E-state index in [0.29, 0.717) is 0 Å². The lowest BCUT2D eigenvalue weighted by Gasteiger charge is -2.26. The fourth-order valence-corrected chi connectivity index (χ4v) is 3.95. The van der Waals surface area contributed by atoms with E-state index in [2.05, 4.69) is 22.5 Å². The maximum Gasteiger partial charge on any atom is 0.243 e. The Hall–Kier alpha value is -1.88. The summed E-state index contributed by atoms with van der Waals surface area (Å²) in [6.45, 7) is 10.0. The molecule has 27 heavy (non-hydrogen) atoms. The Balaban J connectivity index is 1.81. The topological polar surface area (TPSA) is 61.4 Å². The Bertz CT molecular complexity index is 624. The smallest absolute Gasteiger partial charge is 0.243 e. The maximum atomic E-state index is 12.5. The molecule has 5 nitrogen and oxygen atoms in total. The number of amides is 2. The molecule has 1 saturated heterocycles. The van der Waals surface area contributed by atoms with E-state index in [0.717, 1.165) is 42.2 Å². The van der Waals surface area contributed by atoms with E-state index in [4.69, 9.17) is 0 Å². The maximum absolute atomic E-state index is 12.5. The third-order valence-electron chi connectivity index (χ3n) is 5.68. The van der Waals surface area contributed by atoms with E-state index < -0.39 is 0 Å². The van der Waals surface area contributed by atoms with Gasteiger partial charge in [0.25, 0.3) is 0 Å². The summed E-state index contributed by atoms with van der Waals surface area (Å²) in [6.07, 6.45) is 6.09. The first-order valence-electron chi connectivity index (χ1n) is 10.3. The van der Waals surface area contributed by atoms with Gasteiger partial charge in [0.2, 0.25) is 11.8 Å². The molecule has 2 N–H and O–H groups in total. The number of aryl methyl sites for hydroxylation is 2. The highest BCUT2D eigenvalue weighted by molar-refractivity contribution is 5.96. The molecule has 0 spiro atoms. The van der Waals surface area contributed by atoms with Crippen molar-refractivity contribution in [2.45, 2.75) is 65.8 Å². The van der Waals surface area contributed by atoms with E-state index in [1.807, 2.05) is 39.0 Å². The second-order valence-electron chi connectivity index (χ2n) is 7.83. The summed E-state index contributed by atoms with van der Waals surface area (Å²) in [5.41, 5.74) is 2.88. The average molecular weight is 374 g/mol. The van der Waals surface area contributed by atoms with E-state index in [1.54, 1.807) is 0 Å². The fourth-order valence-electron chi connectivity index (χ4n) is 3.95. The third-order valence-corrected chi connectivity index (χ3v) is 5.68. The van der Waals surface area contributed by atoms with Gasteiger partial charge in [0, 0.05) is 5.69 Å². The van der Waals surface area contributed by atoms with Gasteiger partial charge < -0.3 is 10.6 Å². The number of para-hydroxylation sites is 1. The van der Waals surface area contributed by atoms with Crippen molar-refractivity contribution in [1.82, 2.24) is 10.2 Å². The van der Waals surface area contributed by atoms with Gasteiger partial charge in [-0.3, -0.25) is 14.5 Å². The van der Waals surface area contributed by atoms with Gasteiger partial charge in [-0.1, -0.05) is 38.0 Å². The molecule has 2 unspecified atom stereocenters. The predicted octanol–water partition coefficient (Wildman–Crippen LogP) is 3.65. The minimum absolute atomic E-state index is 0.00322. The Morgan fingerprint density at radius 3 is 2.56 bits per heavy atom. The number of nitrogens with zero attached hydrogens (tertiary/aromatic N) is 1. The summed E-state index contributed by atoms with van der Waals surface area (Å²) in [5, 5.41) is 5.72. The SMILES string of the molecule is CCCC1CCCN(C(C)C(=O)NCC(=O)Nc2c(C)cccc2C)CC1. The second kappa shape index (κ2) is 10.5. The van der Waals surface area contributed by atoms with Crippen LogP contribution >= 0.6 is 0 Å². The van der Waals surface area contributed by atoms with Crippen LogP contribution in [0.25, 0.3) is 0 Å². The van der Waals surface area contributed by atoms with Gasteiger partial charge in [-0.25, -0.2) is 0 Å². The van der Waals surface area contributed by atoms with Crippen molar-refractivity contribution >= 4 is 17.5 Å². The molecule has 1 aliphatic rings. The average Bonchev–Trinajstić information content (AvgIpc) is 2.88. The van der Waals surface area contributed by atoms with Crippen molar-refractivity contribution in [3.8, 4) is 0 Å². The van der Waals surface area contributed by atoms with Crippen LogP contribution in [0.5, 0.6) is 0 Å². The molecule has 1 fully saturated rings. The van der Waals surface area contributed by atoms with Gasteiger partial charge in [-0.15, -0.1) is 0 Å². The number of nitrogens with one attached hydrogen (secondary N) is 2. The monoisotopic (exact) mass is 373 g/mol. The summed E-state index contributed by atoms with van der Waals surface area (Å²) < 4.78 is 0. The molecule has 0 aliphatic carbocycles. The van der Waals surface area contributed by atoms with Crippen molar-refractivity contribution < 1.29 is 9.59 Å². The molecular weight excluding hydrogens is 338 g/mol. The van der Waals surface area contributed by atoms with Crippen LogP contribution in [-0.2, 0) is 9.59 Å². The number of carbonyl (C=O) groups excluding carboxylic acids is 2. The minimum Gasteiger partial charge on any atom is -0.346 e. The Morgan fingerprint density at radius 1 is 1.19 bits per heavy atom. The predicted molar refractivity (Wildman–Crippen MR) is 111 cm³/mol. The molecule has 1 aromatic rings. The van der Waals surface area contributed by atoms with Crippen LogP contribution in [0.2, 0.25) is 0 Å². The summed E-state index contributed by atoms with van der Waals surface area (Å²) in [5.74, 6) is 0.533. The van der Waals surface area contributed by atoms with Crippen molar-refractivity contribution in [3.63, 3.8) is 0 Å². The van der Waals surface area contributed by atoms with E-state index >= 15 is 0 Å². The molecule has 0 saturated carbocycles. The van der Waals surface area contributed by atoms with Crippen LogP contribution in [0.15, 0.2) is 18.2 Å². The van der Waals surface area contributed by atoms with Crippen molar-refractivity contribution in [3.05, 3.63) is 29.3 Å². The molecule has 0 aromatic heterocycles. The third kappa shape index (κ3) is 6.35. The number of benzene rings is 1. The van der Waals surface area contributed by atoms with Crippen molar-refractivity contribution in [2.24, 2.45) is 5.92 Å². The number of rotatable bonds is 7. The Morgan fingerprint density at radius 2 is 1.89 bits per heavy atom. The molecule has 2 rings (SSSR count). The van der Waals surface area contributed by atoms with Gasteiger partial charge >= 0.3 is 0 Å². The van der Waals surface area contributed by atoms with Crippen LogP contribution in [0.1, 0.15) is 57.1 Å². The number of anilines is 1. The number of hydrogen-bond acceptors (Lipinski definition) is 3. The summed E-state index contributed by atoms with van der Waals surface area (Å²) >= 11 is 0. The highest BCUT2D eigenvalue weighted by Crippen LogP contribution is 2.23. The first kappa shape index (κ1) is 21.4. The lowest BCUT2D eigenvalue weighted by Crippen LogP contribution is -2.47. The molecule has 5 heteroatoms. The molecule has 2 atom stereocenters. The quantitative estimate of drug-likeness (QED) is 0.767. The molecular formula is C22H35N3O2. The molecule has 1 aromatic carbocycles. The summed E-state index contributed by atoms with van der Waals surface area (Å²) in [6, 6.07) is 5.71. The van der Waals surface area contributed by atoms with E-state index in [1.165, 1.54) is 25.7 Å². The van der Waals surface area contributed by atoms with Gasteiger partial charge in [0.15, 0.2) is 0 Å². The zero-order chi connectivity index (χ0) is 19.8. The number of carbonyl (C=O) groups is 2. The molecule has 2 amide bonds. The normalized spacial score (nSPS) is 19.2. The number of hydrogen-bond donors (Lipinski definition) is 2. The van der Waals surface area contributed by atoms with Crippen molar-refractivity contribution in [2.75, 3.05) is 25.0 Å². The molecule has 0 bridgehead atoms. The Kier molecular flexibility index (Phi) is 8.29. The lowest BCUT2D eigenvalue weighted by atomic mass is 9.96. The molecule has 150 valence electrons. The van der Waals surface area contributed by atoms with Crippen LogP contribution in [0, 0.1) is 19.8 Å². The van der Waals surface area contributed by atoms with Crippen LogP contribution in [0.3, 0.4) is 0 Å². The zero-order valence-electron chi connectivity index (χ0n) is 17.3. The standard InChI is InChI=1S/C22H35N3O2/c1-5-8-19-11-7-13-25(14-12-19)18(4)22(27)23-15-20(26)24-21-16(2)9-6-10-17(21)3/h6,9-10,18-19H,5,7-8,11-15H2,1-4H3,(H,23,27)(H,24,26). The van der Waals surface area contributed by atoms with E-state index in [-0.39, 0.29) is 24.4 Å². The highest BCUT2D eigenvalue weighted by atomic mass is 16.2. The van der Waals surface area contributed by atoms with Crippen LogP contribution < -0.4 is 10.6 Å². The van der Waals surface area contributed by atoms with Crippen molar-refractivity contribution in [1.29, 1.82) is 0 Å². The van der Waals surface area contributed by atoms with Gasteiger partial charge in [-0.2, -0.15) is 0 Å². The zero-order valence-corrected chi connectivity index (χ0v) is 17.3. The summed E-state index contributed by atoms with van der Waals surface area (Å²) in [7, 11) is 0. The fraction of sp³-hybridized carbons (Fsp3) is 0.636. The van der Waals surface area contributed by atoms with Gasteiger partial charge in [0.1, 0.15) is 0 Å². The first-order chi connectivity index (χ1) is 12.9. The molecule has 0 radical (unpaired) electrons. The summed E-state index contributed by atoms with van der Waals surface area (Å²) in [4.78, 5) is 27.0. The van der Waals surface area contributed by atoms with Crippen LogP contribution in [-0.4, -0.2) is 42.4 Å². The second-order valence-corrected chi connectivity index (χ2v) is 7.83. The van der Waals surface area contributed by atoms with Crippen LogP contribution in [0.4, 0.5) is 5.69 Å². The minimum atomic E-state index is -0.196. The number of likely N-dealkylation sites (tertiary alicyclic amines) is 1. The Labute approximate surface area is 163 Å². The van der Waals surface area contributed by atoms with Gasteiger partial charge in [-0.05, 0) is 70.2 Å².